The van der Waals surface area contributed by atoms with Gasteiger partial charge in [0.05, 0.1) is 28.2 Å². The Balaban J connectivity index is 1.73. The summed E-state index contributed by atoms with van der Waals surface area (Å²) in [7, 11) is 0. The normalized spacial score (nSPS) is 22.5. The van der Waals surface area contributed by atoms with Crippen LogP contribution in [0.5, 0.6) is 0 Å². The van der Waals surface area contributed by atoms with Gasteiger partial charge in [0.1, 0.15) is 22.0 Å². The summed E-state index contributed by atoms with van der Waals surface area (Å²) in [4.78, 5) is 13.9. The van der Waals surface area contributed by atoms with Crippen molar-refractivity contribution in [3.8, 4) is 10.7 Å². The number of hydrogen-bond acceptors (Lipinski definition) is 7. The third-order valence-electron chi connectivity index (χ3n) is 5.74. The summed E-state index contributed by atoms with van der Waals surface area (Å²) in [5, 5.41) is 14.2. The van der Waals surface area contributed by atoms with Gasteiger partial charge in [-0.05, 0) is 30.7 Å². The summed E-state index contributed by atoms with van der Waals surface area (Å²) in [5.41, 5.74) is 8.24. The fraction of sp³-hybridized carbons (Fsp3) is 0.500. The second kappa shape index (κ2) is 9.90. The first-order valence-electron chi connectivity index (χ1n) is 10.6. The summed E-state index contributed by atoms with van der Waals surface area (Å²) >= 11 is 9.16. The van der Waals surface area contributed by atoms with Gasteiger partial charge in [0.25, 0.3) is 0 Å². The van der Waals surface area contributed by atoms with Crippen molar-refractivity contribution in [2.45, 2.75) is 51.7 Å². The summed E-state index contributed by atoms with van der Waals surface area (Å²) < 4.78 is 2.85. The Labute approximate surface area is 195 Å². The molecule has 3 N–H and O–H groups in total. The zero-order valence-electron chi connectivity index (χ0n) is 17.7. The van der Waals surface area contributed by atoms with Crippen LogP contribution < -0.4 is 5.73 Å². The predicted octanol–water partition coefficient (Wildman–Crippen LogP) is 5.19. The van der Waals surface area contributed by atoms with Crippen LogP contribution in [0, 0.1) is 11.8 Å². The van der Waals surface area contributed by atoms with E-state index in [2.05, 4.69) is 34.4 Å². The molecule has 6 nitrogen and oxygen atoms in total. The van der Waals surface area contributed by atoms with Crippen LogP contribution in [0.1, 0.15) is 45.0 Å². The van der Waals surface area contributed by atoms with Crippen molar-refractivity contribution in [3.05, 3.63) is 40.2 Å². The van der Waals surface area contributed by atoms with Crippen molar-refractivity contribution in [2.75, 3.05) is 5.75 Å². The maximum absolute atomic E-state index is 11.4. The lowest BCUT2D eigenvalue weighted by atomic mass is 9.83. The molecule has 0 amide bonds. The SMILES string of the molecule is CC(C)Cc1nc2cnc(-c3nccs3)cc2n1C1CCCC(CS/C(Cl)=C\N)C1O. The number of imidazole rings is 1. The van der Waals surface area contributed by atoms with E-state index in [0.717, 1.165) is 59.0 Å². The standard InChI is InChI=1S/C22H28ClN5OS2/c1-13(2)8-20-27-16-11-26-15(22-25-6-7-30-22)9-18(16)28(20)17-5-3-4-14(21(17)29)12-31-19(23)10-24/h6-7,9-11,13-14,17,21,29H,3-5,8,12,24H2,1-2H3/b19-10-. The Morgan fingerprint density at radius 3 is 2.97 bits per heavy atom. The average Bonchev–Trinajstić information content (AvgIpc) is 3.40. The summed E-state index contributed by atoms with van der Waals surface area (Å²) in [6.07, 6.45) is 8.39. The van der Waals surface area contributed by atoms with Gasteiger partial charge >= 0.3 is 0 Å². The van der Waals surface area contributed by atoms with E-state index < -0.39 is 6.10 Å². The molecule has 3 aromatic rings. The predicted molar refractivity (Wildman–Crippen MR) is 130 cm³/mol. The van der Waals surface area contributed by atoms with Crippen LogP contribution in [-0.4, -0.2) is 36.5 Å². The molecule has 0 aromatic carbocycles. The topological polar surface area (TPSA) is 89.9 Å². The molecule has 0 spiro atoms. The van der Waals surface area contributed by atoms with Gasteiger partial charge in [0, 0.05) is 30.0 Å². The number of thioether (sulfide) groups is 1. The minimum Gasteiger partial charge on any atom is -0.403 e. The highest BCUT2D eigenvalue weighted by molar-refractivity contribution is 8.04. The first kappa shape index (κ1) is 22.6. The number of aliphatic hydroxyl groups excluding tert-OH is 1. The molecule has 4 rings (SSSR count). The van der Waals surface area contributed by atoms with Crippen LogP contribution in [0.4, 0.5) is 0 Å². The first-order valence-corrected chi connectivity index (χ1v) is 12.9. The van der Waals surface area contributed by atoms with Crippen LogP contribution in [-0.2, 0) is 6.42 Å². The maximum Gasteiger partial charge on any atom is 0.141 e. The number of aliphatic hydroxyl groups is 1. The van der Waals surface area contributed by atoms with E-state index in [1.807, 2.05) is 11.6 Å². The number of nitrogens with zero attached hydrogens (tertiary/aromatic N) is 4. The molecule has 9 heteroatoms. The van der Waals surface area contributed by atoms with Crippen molar-refractivity contribution >= 4 is 45.7 Å². The van der Waals surface area contributed by atoms with Crippen molar-refractivity contribution in [1.29, 1.82) is 0 Å². The second-order valence-electron chi connectivity index (χ2n) is 8.42. The Morgan fingerprint density at radius 1 is 1.42 bits per heavy atom. The lowest BCUT2D eigenvalue weighted by molar-refractivity contribution is 0.0334. The molecule has 0 radical (unpaired) electrons. The highest BCUT2D eigenvalue weighted by atomic mass is 35.5. The Hall–Kier alpha value is -1.61. The highest BCUT2D eigenvalue weighted by Gasteiger charge is 2.35. The third-order valence-corrected chi connectivity index (χ3v) is 8.00. The molecular formula is C22H28ClN5OS2. The molecule has 1 saturated carbocycles. The van der Waals surface area contributed by atoms with Crippen molar-refractivity contribution < 1.29 is 5.11 Å². The minimum atomic E-state index is -0.469. The Bertz CT molecular complexity index is 1050. The van der Waals surface area contributed by atoms with E-state index in [1.54, 1.807) is 17.5 Å². The molecule has 1 fully saturated rings. The van der Waals surface area contributed by atoms with Gasteiger partial charge in [0.15, 0.2) is 0 Å². The lowest BCUT2D eigenvalue weighted by Gasteiger charge is -2.36. The van der Waals surface area contributed by atoms with E-state index in [0.29, 0.717) is 10.3 Å². The summed E-state index contributed by atoms with van der Waals surface area (Å²) in [6, 6.07) is 2.05. The van der Waals surface area contributed by atoms with Gasteiger partial charge in [-0.2, -0.15) is 0 Å². The molecule has 31 heavy (non-hydrogen) atoms. The van der Waals surface area contributed by atoms with Crippen molar-refractivity contribution in [3.63, 3.8) is 0 Å². The number of aromatic nitrogens is 4. The molecule has 0 bridgehead atoms. The van der Waals surface area contributed by atoms with E-state index >= 15 is 0 Å². The van der Waals surface area contributed by atoms with Crippen molar-refractivity contribution in [2.24, 2.45) is 17.6 Å². The van der Waals surface area contributed by atoms with Gasteiger partial charge in [-0.3, -0.25) is 4.98 Å². The highest BCUT2D eigenvalue weighted by Crippen LogP contribution is 2.39. The quantitative estimate of drug-likeness (QED) is 0.487. The van der Waals surface area contributed by atoms with Gasteiger partial charge < -0.3 is 15.4 Å². The number of fused-ring (bicyclic) bond motifs is 1. The van der Waals surface area contributed by atoms with Crippen LogP contribution in [0.15, 0.2) is 34.4 Å². The zero-order valence-corrected chi connectivity index (χ0v) is 20.1. The van der Waals surface area contributed by atoms with Gasteiger partial charge in [-0.1, -0.05) is 31.9 Å². The fourth-order valence-electron chi connectivity index (χ4n) is 4.34. The van der Waals surface area contributed by atoms with Gasteiger partial charge in [-0.25, -0.2) is 9.97 Å². The summed E-state index contributed by atoms with van der Waals surface area (Å²) in [6.45, 7) is 4.39. The third kappa shape index (κ3) is 4.92. The molecule has 1 aliphatic carbocycles. The average molecular weight is 478 g/mol. The lowest BCUT2D eigenvalue weighted by Crippen LogP contribution is -2.37. The molecule has 166 valence electrons. The molecule has 3 heterocycles. The first-order chi connectivity index (χ1) is 15.0. The smallest absolute Gasteiger partial charge is 0.141 e. The maximum atomic E-state index is 11.4. The number of hydrogen-bond donors (Lipinski definition) is 2. The van der Waals surface area contributed by atoms with Crippen LogP contribution in [0.2, 0.25) is 0 Å². The van der Waals surface area contributed by atoms with E-state index in [1.165, 1.54) is 18.0 Å². The van der Waals surface area contributed by atoms with Gasteiger partial charge in [0.2, 0.25) is 0 Å². The van der Waals surface area contributed by atoms with Crippen LogP contribution in [0.3, 0.4) is 0 Å². The number of rotatable bonds is 7. The van der Waals surface area contributed by atoms with Crippen LogP contribution >= 0.6 is 34.7 Å². The summed E-state index contributed by atoms with van der Waals surface area (Å²) in [5.74, 6) is 2.38. The molecule has 3 unspecified atom stereocenters. The number of thiazole rings is 1. The fourth-order valence-corrected chi connectivity index (χ4v) is 5.97. The second-order valence-corrected chi connectivity index (χ2v) is 11.0. The molecular weight excluding hydrogens is 450 g/mol. The van der Waals surface area contributed by atoms with E-state index in [4.69, 9.17) is 22.3 Å². The Morgan fingerprint density at radius 2 is 2.26 bits per heavy atom. The largest absolute Gasteiger partial charge is 0.403 e. The minimum absolute atomic E-state index is 0.0229. The van der Waals surface area contributed by atoms with E-state index in [9.17, 15) is 5.11 Å². The molecule has 0 saturated heterocycles. The monoisotopic (exact) mass is 477 g/mol. The number of nitrogens with two attached hydrogens (primary N) is 1. The Kier molecular flexibility index (Phi) is 7.21. The van der Waals surface area contributed by atoms with E-state index in [-0.39, 0.29) is 12.0 Å². The zero-order chi connectivity index (χ0) is 22.0. The molecule has 0 aliphatic heterocycles. The number of pyridine rings is 1. The molecule has 3 aromatic heterocycles. The van der Waals surface area contributed by atoms with Crippen LogP contribution in [0.25, 0.3) is 21.7 Å². The van der Waals surface area contributed by atoms with Crippen molar-refractivity contribution in [1.82, 2.24) is 19.5 Å². The molecule has 1 aliphatic rings. The number of halogens is 1. The van der Waals surface area contributed by atoms with Gasteiger partial charge in [-0.15, -0.1) is 23.1 Å². The molecule has 3 atom stereocenters.